The fourth-order valence-corrected chi connectivity index (χ4v) is 2.98. The maximum Gasteiger partial charge on any atom is 0.229 e. The summed E-state index contributed by atoms with van der Waals surface area (Å²) in [6.45, 7) is 9.95. The molecule has 2 aliphatic rings. The Morgan fingerprint density at radius 1 is 0.952 bits per heavy atom. The van der Waals surface area contributed by atoms with Crippen LogP contribution in [0.2, 0.25) is 0 Å². The Morgan fingerprint density at radius 2 is 1.38 bits per heavy atom. The highest BCUT2D eigenvalue weighted by Gasteiger charge is 2.30. The molecule has 0 saturated carbocycles. The topological polar surface area (TPSA) is 49.9 Å². The van der Waals surface area contributed by atoms with Gasteiger partial charge in [-0.05, 0) is 38.1 Å². The summed E-state index contributed by atoms with van der Waals surface area (Å²) in [7, 11) is 0. The zero-order valence-corrected chi connectivity index (χ0v) is 12.5. The Hall–Kier alpha value is -1.62. The molecule has 0 N–H and O–H groups in total. The van der Waals surface area contributed by atoms with Crippen LogP contribution in [0.3, 0.4) is 0 Å². The fourth-order valence-electron chi connectivity index (χ4n) is 2.98. The number of rotatable bonds is 8. The number of likely N-dealkylation sites (tertiary alicyclic amines) is 2. The van der Waals surface area contributed by atoms with Crippen LogP contribution in [0, 0.1) is 11.8 Å². The van der Waals surface area contributed by atoms with E-state index in [1.165, 1.54) is 0 Å². The van der Waals surface area contributed by atoms with Gasteiger partial charge in [-0.3, -0.25) is 9.59 Å². The van der Waals surface area contributed by atoms with Gasteiger partial charge in [0, 0.05) is 38.1 Å². The molecule has 21 heavy (non-hydrogen) atoms. The average molecular weight is 292 g/mol. The number of amides is 2. The largest absolute Gasteiger partial charge is 0.381 e. The summed E-state index contributed by atoms with van der Waals surface area (Å²) in [5.41, 5.74) is 0. The van der Waals surface area contributed by atoms with Crippen LogP contribution in [0.4, 0.5) is 0 Å². The van der Waals surface area contributed by atoms with Crippen LogP contribution in [0.25, 0.3) is 0 Å². The average Bonchev–Trinajstić information content (AvgIpc) is 3.02. The van der Waals surface area contributed by atoms with E-state index in [1.54, 1.807) is 22.2 Å². The van der Waals surface area contributed by atoms with Crippen LogP contribution in [0.1, 0.15) is 25.7 Å². The minimum atomic E-state index is 0.0624. The van der Waals surface area contributed by atoms with Crippen LogP contribution in [-0.4, -0.2) is 47.9 Å². The quantitative estimate of drug-likeness (QED) is 0.641. The number of hydrogen-bond donors (Lipinski definition) is 0. The predicted molar refractivity (Wildman–Crippen MR) is 80.1 cm³/mol. The van der Waals surface area contributed by atoms with Gasteiger partial charge in [0.1, 0.15) is 0 Å². The number of nitrogens with zero attached hydrogens (tertiary/aromatic N) is 2. The first-order valence-corrected chi connectivity index (χ1v) is 7.61. The lowest BCUT2D eigenvalue weighted by molar-refractivity contribution is -0.129. The van der Waals surface area contributed by atoms with Crippen molar-refractivity contribution in [1.29, 1.82) is 0 Å². The molecule has 0 aliphatic carbocycles. The summed E-state index contributed by atoms with van der Waals surface area (Å²) in [5.74, 6) is 0.433. The van der Waals surface area contributed by atoms with E-state index in [4.69, 9.17) is 4.74 Å². The lowest BCUT2D eigenvalue weighted by atomic mass is 10.0. The maximum absolute atomic E-state index is 11.9. The Morgan fingerprint density at radius 3 is 1.71 bits per heavy atom. The summed E-state index contributed by atoms with van der Waals surface area (Å²) in [6, 6.07) is 0. The van der Waals surface area contributed by atoms with Crippen molar-refractivity contribution >= 4 is 11.8 Å². The highest BCUT2D eigenvalue weighted by atomic mass is 16.5. The van der Waals surface area contributed by atoms with E-state index in [0.29, 0.717) is 13.2 Å². The third kappa shape index (κ3) is 3.73. The summed E-state index contributed by atoms with van der Waals surface area (Å²) in [4.78, 5) is 27.1. The number of carbonyl (C=O) groups excluding carboxylic acids is 2. The molecule has 2 rings (SSSR count). The summed E-state index contributed by atoms with van der Waals surface area (Å²) < 4.78 is 5.60. The second kappa shape index (κ2) is 7.41. The van der Waals surface area contributed by atoms with Gasteiger partial charge in [-0.25, -0.2) is 0 Å². The lowest BCUT2D eigenvalue weighted by Crippen LogP contribution is -2.23. The van der Waals surface area contributed by atoms with Crippen molar-refractivity contribution in [3.05, 3.63) is 25.6 Å². The van der Waals surface area contributed by atoms with E-state index >= 15 is 0 Å². The molecule has 2 aliphatic heterocycles. The van der Waals surface area contributed by atoms with Gasteiger partial charge in [-0.15, -0.1) is 0 Å². The summed E-state index contributed by atoms with van der Waals surface area (Å²) in [5, 5.41) is 0. The van der Waals surface area contributed by atoms with Crippen LogP contribution < -0.4 is 0 Å². The number of ether oxygens (including phenoxy) is 1. The molecule has 0 aromatic carbocycles. The molecule has 5 heteroatoms. The standard InChI is InChI=1S/C16H24N2O3/c1-3-17-9-5-13(15(17)19)7-11-21-12-8-14-6-10-18(4-2)16(14)20/h3-4,13-14H,1-2,5-12H2. The Balaban J connectivity index is 1.59. The first-order valence-electron chi connectivity index (χ1n) is 7.61. The summed E-state index contributed by atoms with van der Waals surface area (Å²) >= 11 is 0. The first-order chi connectivity index (χ1) is 10.2. The van der Waals surface area contributed by atoms with Crippen LogP contribution in [0.15, 0.2) is 25.6 Å². The van der Waals surface area contributed by atoms with Gasteiger partial charge in [0.15, 0.2) is 0 Å². The summed E-state index contributed by atoms with van der Waals surface area (Å²) in [6.07, 6.45) is 6.45. The van der Waals surface area contributed by atoms with Crippen LogP contribution in [0.5, 0.6) is 0 Å². The van der Waals surface area contributed by atoms with E-state index in [-0.39, 0.29) is 23.7 Å². The van der Waals surface area contributed by atoms with Gasteiger partial charge in [-0.1, -0.05) is 13.2 Å². The SMILES string of the molecule is C=CN1CCC(CCOCCC2CCN(C=C)C2=O)C1=O. The van der Waals surface area contributed by atoms with Gasteiger partial charge in [0.2, 0.25) is 11.8 Å². The molecule has 0 bridgehead atoms. The Bertz CT molecular complexity index is 384. The van der Waals surface area contributed by atoms with E-state index in [2.05, 4.69) is 13.2 Å². The minimum Gasteiger partial charge on any atom is -0.381 e. The van der Waals surface area contributed by atoms with Crippen LogP contribution in [-0.2, 0) is 14.3 Å². The normalized spacial score (nSPS) is 25.7. The Labute approximate surface area is 126 Å². The highest BCUT2D eigenvalue weighted by Crippen LogP contribution is 2.23. The van der Waals surface area contributed by atoms with E-state index in [9.17, 15) is 9.59 Å². The first kappa shape index (κ1) is 15.8. The smallest absolute Gasteiger partial charge is 0.229 e. The molecule has 2 atom stereocenters. The number of hydrogen-bond acceptors (Lipinski definition) is 3. The molecule has 0 radical (unpaired) electrons. The van der Waals surface area contributed by atoms with Crippen molar-refractivity contribution in [2.24, 2.45) is 11.8 Å². The van der Waals surface area contributed by atoms with E-state index in [0.717, 1.165) is 38.8 Å². The maximum atomic E-state index is 11.9. The molecule has 0 spiro atoms. The van der Waals surface area contributed by atoms with Crippen molar-refractivity contribution in [3.8, 4) is 0 Å². The van der Waals surface area contributed by atoms with Gasteiger partial charge in [0.05, 0.1) is 0 Å². The highest BCUT2D eigenvalue weighted by molar-refractivity contribution is 5.82. The molecule has 2 fully saturated rings. The zero-order chi connectivity index (χ0) is 15.2. The van der Waals surface area contributed by atoms with Crippen molar-refractivity contribution in [1.82, 2.24) is 9.80 Å². The van der Waals surface area contributed by atoms with Crippen LogP contribution >= 0.6 is 0 Å². The molecular formula is C16H24N2O3. The van der Waals surface area contributed by atoms with Crippen molar-refractivity contribution in [3.63, 3.8) is 0 Å². The van der Waals surface area contributed by atoms with Crippen molar-refractivity contribution in [2.45, 2.75) is 25.7 Å². The third-order valence-electron chi connectivity index (χ3n) is 4.36. The molecule has 2 amide bonds. The van der Waals surface area contributed by atoms with Gasteiger partial charge in [-0.2, -0.15) is 0 Å². The zero-order valence-electron chi connectivity index (χ0n) is 12.5. The van der Waals surface area contributed by atoms with Crippen molar-refractivity contribution in [2.75, 3.05) is 26.3 Å². The monoisotopic (exact) mass is 292 g/mol. The molecule has 116 valence electrons. The molecule has 2 saturated heterocycles. The molecule has 0 aromatic rings. The molecular weight excluding hydrogens is 268 g/mol. The fraction of sp³-hybridized carbons (Fsp3) is 0.625. The molecule has 5 nitrogen and oxygen atoms in total. The predicted octanol–water partition coefficient (Wildman–Crippen LogP) is 1.77. The minimum absolute atomic E-state index is 0.0624. The van der Waals surface area contributed by atoms with Gasteiger partial charge >= 0.3 is 0 Å². The molecule has 2 heterocycles. The second-order valence-corrected chi connectivity index (χ2v) is 5.59. The van der Waals surface area contributed by atoms with Gasteiger partial charge in [0.25, 0.3) is 0 Å². The van der Waals surface area contributed by atoms with E-state index in [1.807, 2.05) is 0 Å². The number of carbonyl (C=O) groups is 2. The lowest BCUT2D eigenvalue weighted by Gasteiger charge is -2.12. The Kier molecular flexibility index (Phi) is 5.56. The molecule has 2 unspecified atom stereocenters. The van der Waals surface area contributed by atoms with Gasteiger partial charge < -0.3 is 14.5 Å². The third-order valence-corrected chi connectivity index (χ3v) is 4.36. The molecule has 0 aromatic heterocycles. The second-order valence-electron chi connectivity index (χ2n) is 5.59. The van der Waals surface area contributed by atoms with E-state index < -0.39 is 0 Å². The van der Waals surface area contributed by atoms with Crippen molar-refractivity contribution < 1.29 is 14.3 Å².